The van der Waals surface area contributed by atoms with Crippen molar-refractivity contribution in [3.8, 4) is 0 Å². The highest BCUT2D eigenvalue weighted by atomic mass is 16.7. The summed E-state index contributed by atoms with van der Waals surface area (Å²) in [5.74, 6) is -3.42. The molecule has 3 aliphatic heterocycles. The molecule has 4 N–H and O–H groups in total. The Hall–Kier alpha value is -2.28. The van der Waals surface area contributed by atoms with E-state index in [0.717, 1.165) is 0 Å². The first-order valence-corrected chi connectivity index (χ1v) is 21.7. The number of ether oxygens (including phenoxy) is 7. The van der Waals surface area contributed by atoms with Crippen LogP contribution < -0.4 is 0 Å². The minimum atomic E-state index is -1.88. The molecule has 1 aromatic carbocycles. The lowest BCUT2D eigenvalue weighted by Gasteiger charge is -2.48. The fourth-order valence-electron chi connectivity index (χ4n) is 9.69. The fourth-order valence-corrected chi connectivity index (χ4v) is 9.69. The van der Waals surface area contributed by atoms with Gasteiger partial charge in [0, 0.05) is 38.1 Å². The highest BCUT2D eigenvalue weighted by Gasteiger charge is 2.53. The minimum absolute atomic E-state index is 0.108. The number of likely N-dealkylation sites (N-methyl/N-ethyl adjacent to an activating group) is 2. The average molecular weight is 853 g/mol. The minimum Gasteiger partial charge on any atom is -0.459 e. The summed E-state index contributed by atoms with van der Waals surface area (Å²) in [4.78, 5) is 32.1. The number of cyclic esters (lactones) is 1. The lowest BCUT2D eigenvalue weighted by molar-refractivity contribution is -0.318. The third-order valence-electron chi connectivity index (χ3n) is 13.4. The topological polar surface area (TPSA) is 186 Å². The number of methoxy groups -OCH3 is 1. The first kappa shape index (κ1) is 50.4. The average Bonchev–Trinajstić information content (AvgIpc) is 3.18. The van der Waals surface area contributed by atoms with E-state index in [2.05, 4.69) is 0 Å². The molecule has 1 aromatic rings. The molecule has 0 spiro atoms. The van der Waals surface area contributed by atoms with Crippen LogP contribution in [0.25, 0.3) is 0 Å². The summed E-state index contributed by atoms with van der Waals surface area (Å²) >= 11 is 0. The summed E-state index contributed by atoms with van der Waals surface area (Å²) in [5.41, 5.74) is -4.24. The molecule has 3 heterocycles. The van der Waals surface area contributed by atoms with Crippen molar-refractivity contribution in [1.29, 1.82) is 0 Å². The van der Waals surface area contributed by atoms with Gasteiger partial charge in [0.25, 0.3) is 0 Å². The van der Waals surface area contributed by atoms with E-state index in [9.17, 15) is 30.0 Å². The van der Waals surface area contributed by atoms with E-state index in [1.54, 1.807) is 65.0 Å². The summed E-state index contributed by atoms with van der Waals surface area (Å²) in [6.45, 7) is 18.0. The van der Waals surface area contributed by atoms with Gasteiger partial charge < -0.3 is 58.5 Å². The fraction of sp³-hybridized carbons (Fsp3) is 0.822. The molecule has 18 atom stereocenters. The van der Waals surface area contributed by atoms with Crippen LogP contribution in [-0.4, -0.2) is 167 Å². The second-order valence-corrected chi connectivity index (χ2v) is 18.9. The molecule has 0 saturated carbocycles. The number of hydrogen-bond donors (Lipinski definition) is 4. The highest BCUT2D eigenvalue weighted by Crippen LogP contribution is 2.40. The Bertz CT molecular complexity index is 1530. The Labute approximate surface area is 357 Å². The van der Waals surface area contributed by atoms with E-state index in [1.807, 2.05) is 58.6 Å². The molecule has 60 heavy (non-hydrogen) atoms. The molecule has 3 fully saturated rings. The smallest absolute Gasteiger partial charge is 0.338 e. The van der Waals surface area contributed by atoms with Gasteiger partial charge in [0.05, 0.1) is 47.1 Å². The molecule has 0 bridgehead atoms. The number of nitrogens with zero attached hydrogens (tertiary/aromatic N) is 2. The summed E-state index contributed by atoms with van der Waals surface area (Å²) in [7, 11) is 7.12. The van der Waals surface area contributed by atoms with Crippen LogP contribution in [0.5, 0.6) is 0 Å². The van der Waals surface area contributed by atoms with Crippen molar-refractivity contribution in [3.63, 3.8) is 0 Å². The van der Waals surface area contributed by atoms with E-state index in [4.69, 9.17) is 33.2 Å². The van der Waals surface area contributed by atoms with Gasteiger partial charge in [-0.15, -0.1) is 0 Å². The number of aliphatic hydroxyl groups excluding tert-OH is 2. The van der Waals surface area contributed by atoms with Crippen molar-refractivity contribution < 1.29 is 63.2 Å². The summed E-state index contributed by atoms with van der Waals surface area (Å²) in [6.07, 6.45) is -8.57. The third-order valence-corrected chi connectivity index (χ3v) is 13.4. The van der Waals surface area contributed by atoms with Gasteiger partial charge in [0.2, 0.25) is 0 Å². The Balaban J connectivity index is 1.84. The molecule has 0 aromatic heterocycles. The summed E-state index contributed by atoms with van der Waals surface area (Å²) in [6, 6.07) is 7.61. The second-order valence-electron chi connectivity index (χ2n) is 18.9. The Morgan fingerprint density at radius 1 is 0.950 bits per heavy atom. The number of carbonyl (C=O) groups is 2. The van der Waals surface area contributed by atoms with Crippen molar-refractivity contribution in [2.45, 2.75) is 185 Å². The highest BCUT2D eigenvalue weighted by molar-refractivity contribution is 5.89. The van der Waals surface area contributed by atoms with E-state index in [-0.39, 0.29) is 37.3 Å². The van der Waals surface area contributed by atoms with Crippen molar-refractivity contribution in [2.24, 2.45) is 17.8 Å². The van der Waals surface area contributed by atoms with Gasteiger partial charge in [-0.25, -0.2) is 4.79 Å². The molecule has 3 aliphatic rings. The van der Waals surface area contributed by atoms with Gasteiger partial charge in [-0.2, -0.15) is 0 Å². The van der Waals surface area contributed by atoms with Gasteiger partial charge in [-0.05, 0) is 107 Å². The predicted octanol–water partition coefficient (Wildman–Crippen LogP) is 3.77. The molecular formula is C45H76N2O13. The largest absolute Gasteiger partial charge is 0.459 e. The normalized spacial score (nSPS) is 44.4. The Kier molecular flexibility index (Phi) is 17.2. The summed E-state index contributed by atoms with van der Waals surface area (Å²) < 4.78 is 44.2. The van der Waals surface area contributed by atoms with Gasteiger partial charge in [0.1, 0.15) is 30.0 Å². The first-order valence-electron chi connectivity index (χ1n) is 21.7. The van der Waals surface area contributed by atoms with Crippen LogP contribution in [0.2, 0.25) is 0 Å². The number of carbonyl (C=O) groups excluding carboxylic acids is 2. The maximum absolute atomic E-state index is 14.6. The van der Waals surface area contributed by atoms with Gasteiger partial charge >= 0.3 is 11.9 Å². The van der Waals surface area contributed by atoms with Crippen LogP contribution in [0.3, 0.4) is 0 Å². The maximum atomic E-state index is 14.6. The molecule has 0 unspecified atom stereocenters. The molecule has 4 rings (SSSR count). The molecule has 344 valence electrons. The zero-order chi connectivity index (χ0) is 45.1. The zero-order valence-corrected chi connectivity index (χ0v) is 38.4. The maximum Gasteiger partial charge on any atom is 0.338 e. The van der Waals surface area contributed by atoms with E-state index >= 15 is 0 Å². The van der Waals surface area contributed by atoms with Crippen LogP contribution in [0, 0.1) is 17.8 Å². The lowest BCUT2D eigenvalue weighted by Crippen LogP contribution is -2.61. The summed E-state index contributed by atoms with van der Waals surface area (Å²) in [5, 5.41) is 47.9. The molecule has 0 radical (unpaired) electrons. The quantitative estimate of drug-likeness (QED) is 0.263. The van der Waals surface area contributed by atoms with Crippen LogP contribution >= 0.6 is 0 Å². The standard InChI is InChI=1S/C45H76N2O13/c1-15-33-45(10,53)39(59-41(51)31-19-17-16-18-20-31)29(6)47(13)24-25(2)22-43(8,52)38(60-42-35(48)32(46(11)12)21-26(3)55-42)27(4)36(28(5)40(50)57-33)58-34-23-44(9,54-14)37(49)30(7)56-34/h16-20,25-30,32-39,42,48-49,52-53H,15,21-24H2,1-14H3/t25-,26-,27+,28-,29-,30+,32+,33-,34+,35-,36+,37+,38-,39-,42+,43-,44-,45-/m1/s1. The van der Waals surface area contributed by atoms with Crippen molar-refractivity contribution in [1.82, 2.24) is 9.80 Å². The molecule has 0 amide bonds. The number of hydrogen-bond acceptors (Lipinski definition) is 15. The van der Waals surface area contributed by atoms with Crippen LogP contribution in [0.15, 0.2) is 30.3 Å². The predicted molar refractivity (Wildman–Crippen MR) is 224 cm³/mol. The second kappa shape index (κ2) is 20.5. The lowest BCUT2D eigenvalue weighted by atomic mass is 9.77. The Morgan fingerprint density at radius 2 is 1.58 bits per heavy atom. The van der Waals surface area contributed by atoms with Gasteiger partial charge in [-0.1, -0.05) is 39.0 Å². The van der Waals surface area contributed by atoms with Crippen molar-refractivity contribution in [2.75, 3.05) is 34.8 Å². The van der Waals surface area contributed by atoms with Crippen molar-refractivity contribution >= 4 is 11.9 Å². The molecular weight excluding hydrogens is 776 g/mol. The van der Waals surface area contributed by atoms with E-state index in [1.165, 1.54) is 14.0 Å². The molecule has 0 aliphatic carbocycles. The molecule has 3 saturated heterocycles. The van der Waals surface area contributed by atoms with Crippen molar-refractivity contribution in [3.05, 3.63) is 35.9 Å². The zero-order valence-electron chi connectivity index (χ0n) is 38.4. The third kappa shape index (κ3) is 11.4. The first-order chi connectivity index (χ1) is 27.9. The van der Waals surface area contributed by atoms with Crippen LogP contribution in [-0.2, 0) is 38.0 Å². The Morgan fingerprint density at radius 3 is 2.17 bits per heavy atom. The molecule has 15 nitrogen and oxygen atoms in total. The monoisotopic (exact) mass is 853 g/mol. The van der Waals surface area contributed by atoms with Crippen LogP contribution in [0.4, 0.5) is 0 Å². The number of benzene rings is 1. The van der Waals surface area contributed by atoms with Gasteiger partial charge in [0.15, 0.2) is 12.6 Å². The van der Waals surface area contributed by atoms with Gasteiger partial charge in [-0.3, -0.25) is 9.69 Å². The molecule has 15 heteroatoms. The SMILES string of the molecule is CC[C@H]1OC(=O)[C@H](C)[C@@H](O[C@H]2C[C@@](C)(OC)[C@@H](O)[C@H](C)O2)[C@H](C)[C@@H](O[C@@H]2O[C@H](C)C[C@H](N(C)C)[C@H]2O)[C@](C)(O)C[C@@H](C)CN(C)[C@H](C)[C@@H](OC(=O)c2ccccc2)[C@]1(C)O. The number of aliphatic hydroxyl groups is 4. The number of esters is 2. The van der Waals surface area contributed by atoms with Crippen LogP contribution in [0.1, 0.15) is 105 Å². The van der Waals surface area contributed by atoms with E-state index in [0.29, 0.717) is 18.5 Å². The number of rotatable bonds is 9. The van der Waals surface area contributed by atoms with E-state index < -0.39 is 102 Å².